The van der Waals surface area contributed by atoms with Crippen LogP contribution in [0.3, 0.4) is 0 Å². The Kier molecular flexibility index (Phi) is 4.50. The third-order valence-corrected chi connectivity index (χ3v) is 6.01. The molecule has 0 aliphatic heterocycles. The van der Waals surface area contributed by atoms with E-state index in [0.717, 1.165) is 4.88 Å². The minimum atomic E-state index is -3.62. The van der Waals surface area contributed by atoms with E-state index in [2.05, 4.69) is 15.0 Å². The van der Waals surface area contributed by atoms with Crippen molar-refractivity contribution in [2.24, 2.45) is 0 Å². The largest absolute Gasteiger partial charge is 0.338 e. The summed E-state index contributed by atoms with van der Waals surface area (Å²) in [6, 6.07) is 12.7. The standard InChI is InChI=1S/C16H14FN3O2S2/c1-11-6-9-16(23-11)24(21,22)20-12-7-8-15(18-10-12)19-14-5-3-2-4-13(14)17/h2-10,20H,1H3,(H,18,19). The molecule has 3 aromatic rings. The van der Waals surface area contributed by atoms with Crippen LogP contribution in [0.25, 0.3) is 0 Å². The van der Waals surface area contributed by atoms with Gasteiger partial charge in [-0.2, -0.15) is 0 Å². The second kappa shape index (κ2) is 6.58. The van der Waals surface area contributed by atoms with Crippen LogP contribution in [0.1, 0.15) is 4.88 Å². The molecule has 0 bridgehead atoms. The van der Waals surface area contributed by atoms with E-state index >= 15 is 0 Å². The number of thiophene rings is 1. The van der Waals surface area contributed by atoms with Crippen molar-refractivity contribution in [3.05, 3.63) is 65.4 Å². The second-order valence-corrected chi connectivity index (χ2v) is 8.20. The molecule has 124 valence electrons. The highest BCUT2D eigenvalue weighted by atomic mass is 32.2. The zero-order chi connectivity index (χ0) is 17.2. The first-order valence-corrected chi connectivity index (χ1v) is 9.31. The number of benzene rings is 1. The predicted molar refractivity (Wildman–Crippen MR) is 93.8 cm³/mol. The molecule has 24 heavy (non-hydrogen) atoms. The Balaban J connectivity index is 1.74. The van der Waals surface area contributed by atoms with E-state index in [4.69, 9.17) is 0 Å². The van der Waals surface area contributed by atoms with Gasteiger partial charge >= 0.3 is 0 Å². The van der Waals surface area contributed by atoms with Crippen LogP contribution in [0.2, 0.25) is 0 Å². The summed E-state index contributed by atoms with van der Waals surface area (Å²) in [7, 11) is -3.62. The van der Waals surface area contributed by atoms with Crippen LogP contribution in [0, 0.1) is 12.7 Å². The summed E-state index contributed by atoms with van der Waals surface area (Å²) >= 11 is 1.20. The number of pyridine rings is 1. The highest BCUT2D eigenvalue weighted by molar-refractivity contribution is 7.94. The van der Waals surface area contributed by atoms with Crippen molar-refractivity contribution in [2.75, 3.05) is 10.0 Å². The molecule has 0 saturated carbocycles. The number of rotatable bonds is 5. The molecular weight excluding hydrogens is 349 g/mol. The summed E-state index contributed by atoms with van der Waals surface area (Å²) < 4.78 is 40.8. The van der Waals surface area contributed by atoms with Crippen LogP contribution in [-0.4, -0.2) is 13.4 Å². The maximum absolute atomic E-state index is 13.6. The van der Waals surface area contributed by atoms with Gasteiger partial charge in [-0.05, 0) is 43.3 Å². The lowest BCUT2D eigenvalue weighted by molar-refractivity contribution is 0.603. The summed E-state index contributed by atoms with van der Waals surface area (Å²) in [6.45, 7) is 1.84. The van der Waals surface area contributed by atoms with Gasteiger partial charge in [0, 0.05) is 4.88 Å². The number of aryl methyl sites for hydroxylation is 1. The van der Waals surface area contributed by atoms with Crippen molar-refractivity contribution >= 4 is 38.6 Å². The fraction of sp³-hybridized carbons (Fsp3) is 0.0625. The van der Waals surface area contributed by atoms with Crippen LogP contribution in [0.4, 0.5) is 21.6 Å². The summed E-state index contributed by atoms with van der Waals surface area (Å²) in [4.78, 5) is 5.01. The molecule has 0 amide bonds. The highest BCUT2D eigenvalue weighted by Gasteiger charge is 2.16. The van der Waals surface area contributed by atoms with E-state index in [-0.39, 0.29) is 4.21 Å². The first kappa shape index (κ1) is 16.4. The Morgan fingerprint density at radius 2 is 1.88 bits per heavy atom. The number of nitrogens with zero attached hydrogens (tertiary/aromatic N) is 1. The monoisotopic (exact) mass is 363 g/mol. The Labute approximate surface area is 143 Å². The number of hydrogen-bond acceptors (Lipinski definition) is 5. The van der Waals surface area contributed by atoms with Gasteiger partial charge in [-0.1, -0.05) is 12.1 Å². The van der Waals surface area contributed by atoms with Crippen molar-refractivity contribution in [2.45, 2.75) is 11.1 Å². The summed E-state index contributed by atoms with van der Waals surface area (Å²) in [5, 5.41) is 2.84. The molecule has 2 aromatic heterocycles. The molecule has 0 saturated heterocycles. The third-order valence-electron chi connectivity index (χ3n) is 3.13. The van der Waals surface area contributed by atoms with E-state index in [1.807, 2.05) is 6.92 Å². The smallest absolute Gasteiger partial charge is 0.271 e. The number of nitrogens with one attached hydrogen (secondary N) is 2. The van der Waals surface area contributed by atoms with Crippen molar-refractivity contribution in [3.8, 4) is 0 Å². The van der Waals surface area contributed by atoms with E-state index < -0.39 is 15.8 Å². The van der Waals surface area contributed by atoms with Crippen LogP contribution in [0.5, 0.6) is 0 Å². The molecule has 0 fully saturated rings. The molecule has 0 radical (unpaired) electrons. The molecule has 5 nitrogen and oxygen atoms in total. The van der Waals surface area contributed by atoms with E-state index in [1.54, 1.807) is 42.5 Å². The number of anilines is 3. The van der Waals surface area contributed by atoms with Gasteiger partial charge < -0.3 is 5.32 Å². The Hall–Kier alpha value is -2.45. The Bertz CT molecular complexity index is 953. The molecule has 0 spiro atoms. The topological polar surface area (TPSA) is 71.1 Å². The first-order valence-electron chi connectivity index (χ1n) is 7.01. The van der Waals surface area contributed by atoms with Gasteiger partial charge in [0.2, 0.25) is 0 Å². The van der Waals surface area contributed by atoms with Crippen LogP contribution >= 0.6 is 11.3 Å². The lowest BCUT2D eigenvalue weighted by Gasteiger charge is -2.09. The number of hydrogen-bond donors (Lipinski definition) is 2. The van der Waals surface area contributed by atoms with E-state index in [0.29, 0.717) is 17.2 Å². The van der Waals surface area contributed by atoms with Crippen LogP contribution in [-0.2, 0) is 10.0 Å². The lowest BCUT2D eigenvalue weighted by Crippen LogP contribution is -2.11. The van der Waals surface area contributed by atoms with Gasteiger partial charge in [0.25, 0.3) is 10.0 Å². The lowest BCUT2D eigenvalue weighted by atomic mass is 10.3. The van der Waals surface area contributed by atoms with Crippen molar-refractivity contribution in [1.82, 2.24) is 4.98 Å². The van der Waals surface area contributed by atoms with Crippen LogP contribution in [0.15, 0.2) is 58.9 Å². The fourth-order valence-electron chi connectivity index (χ4n) is 1.99. The Morgan fingerprint density at radius 1 is 1.08 bits per heavy atom. The average Bonchev–Trinajstić information content (AvgIpc) is 2.99. The minimum absolute atomic E-state index is 0.244. The number of halogens is 1. The first-order chi connectivity index (χ1) is 11.4. The fourth-order valence-corrected chi connectivity index (χ4v) is 4.32. The van der Waals surface area contributed by atoms with Gasteiger partial charge in [-0.25, -0.2) is 17.8 Å². The average molecular weight is 363 g/mol. The highest BCUT2D eigenvalue weighted by Crippen LogP contribution is 2.24. The molecule has 0 aliphatic rings. The summed E-state index contributed by atoms with van der Waals surface area (Å²) in [5.41, 5.74) is 0.632. The maximum Gasteiger partial charge on any atom is 0.271 e. The molecule has 3 rings (SSSR count). The quantitative estimate of drug-likeness (QED) is 0.715. The molecule has 2 N–H and O–H groups in total. The van der Waals surface area contributed by atoms with Gasteiger partial charge in [-0.3, -0.25) is 4.72 Å². The zero-order valence-corrected chi connectivity index (χ0v) is 14.3. The minimum Gasteiger partial charge on any atom is -0.338 e. The number of para-hydroxylation sites is 1. The summed E-state index contributed by atoms with van der Waals surface area (Å²) in [5.74, 6) is 0.0205. The molecule has 1 aromatic carbocycles. The molecule has 8 heteroatoms. The summed E-state index contributed by atoms with van der Waals surface area (Å²) in [6.07, 6.45) is 1.38. The predicted octanol–water partition coefficient (Wildman–Crippen LogP) is 4.14. The maximum atomic E-state index is 13.6. The van der Waals surface area contributed by atoms with Gasteiger partial charge in [-0.15, -0.1) is 11.3 Å². The van der Waals surface area contributed by atoms with Gasteiger partial charge in [0.15, 0.2) is 0 Å². The Morgan fingerprint density at radius 3 is 2.50 bits per heavy atom. The molecule has 2 heterocycles. The van der Waals surface area contributed by atoms with Gasteiger partial charge in [0.05, 0.1) is 17.6 Å². The number of sulfonamides is 1. The molecule has 0 aliphatic carbocycles. The van der Waals surface area contributed by atoms with Gasteiger partial charge in [0.1, 0.15) is 15.8 Å². The van der Waals surface area contributed by atoms with E-state index in [1.165, 1.54) is 23.6 Å². The normalized spacial score (nSPS) is 11.2. The second-order valence-electron chi connectivity index (χ2n) is 5.01. The number of aromatic nitrogens is 1. The van der Waals surface area contributed by atoms with Crippen molar-refractivity contribution in [3.63, 3.8) is 0 Å². The zero-order valence-electron chi connectivity index (χ0n) is 12.7. The van der Waals surface area contributed by atoms with Crippen LogP contribution < -0.4 is 10.0 Å². The van der Waals surface area contributed by atoms with E-state index in [9.17, 15) is 12.8 Å². The molecule has 0 atom stereocenters. The molecule has 0 unspecified atom stereocenters. The van der Waals surface area contributed by atoms with Crippen molar-refractivity contribution in [1.29, 1.82) is 0 Å². The SMILES string of the molecule is Cc1ccc(S(=O)(=O)Nc2ccc(Nc3ccccc3F)nc2)s1. The third kappa shape index (κ3) is 3.72. The molecular formula is C16H14FN3O2S2. The van der Waals surface area contributed by atoms with Crippen molar-refractivity contribution < 1.29 is 12.8 Å².